The van der Waals surface area contributed by atoms with Gasteiger partial charge in [-0.1, -0.05) is 13.0 Å². The van der Waals surface area contributed by atoms with Crippen molar-refractivity contribution in [3.05, 3.63) is 17.0 Å². The minimum Gasteiger partial charge on any atom is -0.151 e. The Labute approximate surface area is 57.0 Å². The Morgan fingerprint density at radius 1 is 1.62 bits per heavy atom. The van der Waals surface area contributed by atoms with Gasteiger partial charge >= 0.3 is 0 Å². The zero-order chi connectivity index (χ0) is 5.98. The molecule has 0 spiro atoms. The van der Waals surface area contributed by atoms with Gasteiger partial charge in [0.05, 0.1) is 10.2 Å². The fourth-order valence-corrected chi connectivity index (χ4v) is 2.04. The molecule has 1 radical (unpaired) electrons. The minimum atomic E-state index is 1.18. The Morgan fingerprint density at radius 2 is 2.38 bits per heavy atom. The van der Waals surface area contributed by atoms with Gasteiger partial charge in [0.15, 0.2) is 0 Å². The van der Waals surface area contributed by atoms with Crippen LogP contribution < -0.4 is 4.50 Å². The van der Waals surface area contributed by atoms with E-state index in [1.54, 1.807) is 0 Å². The molecule has 0 N–H and O–H groups in total. The highest BCUT2D eigenvalue weighted by Gasteiger charge is 1.89. The molecule has 0 atom stereocenters. The van der Waals surface area contributed by atoms with E-state index in [4.69, 9.17) is 0 Å². The highest BCUT2D eigenvalue weighted by molar-refractivity contribution is 7.20. The smallest absolute Gasteiger partial charge is 0.0613 e. The number of thiophene rings is 1. The third-order valence-electron chi connectivity index (χ3n) is 1.07. The third-order valence-corrected chi connectivity index (χ3v) is 2.82. The molecule has 1 aromatic rings. The summed E-state index contributed by atoms with van der Waals surface area (Å²) in [7, 11) is 1.96. The zero-order valence-corrected chi connectivity index (χ0v) is 7.21. The van der Waals surface area contributed by atoms with Crippen molar-refractivity contribution < 1.29 is 0 Å². The maximum absolute atomic E-state index is 2.20. The summed E-state index contributed by atoms with van der Waals surface area (Å²) in [6.45, 7) is 2.19. The first-order valence-corrected chi connectivity index (χ1v) is 4.26. The van der Waals surface area contributed by atoms with Crippen LogP contribution in [0.3, 0.4) is 0 Å². The quantitative estimate of drug-likeness (QED) is 0.502. The predicted molar refractivity (Wildman–Crippen MR) is 41.9 cm³/mol. The van der Waals surface area contributed by atoms with Crippen LogP contribution in [0, 0.1) is 0 Å². The molecular formula is C6H9SSi. The van der Waals surface area contributed by atoms with Crippen molar-refractivity contribution in [1.29, 1.82) is 0 Å². The molecule has 0 aliphatic carbocycles. The molecule has 0 fully saturated rings. The lowest BCUT2D eigenvalue weighted by Crippen LogP contribution is -1.88. The van der Waals surface area contributed by atoms with Crippen molar-refractivity contribution in [2.75, 3.05) is 0 Å². The molecule has 0 aliphatic rings. The second-order valence-corrected chi connectivity index (χ2v) is 4.25. The maximum atomic E-state index is 2.20. The number of hydrogen-bond acceptors (Lipinski definition) is 1. The van der Waals surface area contributed by atoms with E-state index in [1.807, 2.05) is 21.6 Å². The van der Waals surface area contributed by atoms with Crippen molar-refractivity contribution in [3.63, 3.8) is 0 Å². The fraction of sp³-hybridized carbons (Fsp3) is 0.333. The fourth-order valence-electron chi connectivity index (χ4n) is 0.612. The molecule has 0 bridgehead atoms. The summed E-state index contributed by atoms with van der Waals surface area (Å²) in [6.07, 6.45) is 1.18. The van der Waals surface area contributed by atoms with Gasteiger partial charge in [0.2, 0.25) is 0 Å². The van der Waals surface area contributed by atoms with E-state index in [0.29, 0.717) is 0 Å². The Bertz CT molecular complexity index is 169. The van der Waals surface area contributed by atoms with Gasteiger partial charge < -0.3 is 0 Å². The van der Waals surface area contributed by atoms with Gasteiger partial charge in [0.1, 0.15) is 0 Å². The summed E-state index contributed by atoms with van der Waals surface area (Å²) in [5, 5.41) is 0. The van der Waals surface area contributed by atoms with Gasteiger partial charge in [-0.3, -0.25) is 0 Å². The van der Waals surface area contributed by atoms with Crippen LogP contribution in [0.1, 0.15) is 11.8 Å². The monoisotopic (exact) mass is 141 g/mol. The van der Waals surface area contributed by atoms with E-state index >= 15 is 0 Å². The molecule has 0 saturated carbocycles. The zero-order valence-electron chi connectivity index (χ0n) is 4.98. The third kappa shape index (κ3) is 1.20. The molecule has 0 aliphatic heterocycles. The minimum absolute atomic E-state index is 1.18. The van der Waals surface area contributed by atoms with E-state index < -0.39 is 0 Å². The van der Waals surface area contributed by atoms with Crippen LogP contribution in [0.2, 0.25) is 0 Å². The van der Waals surface area contributed by atoms with Gasteiger partial charge in [0.25, 0.3) is 0 Å². The summed E-state index contributed by atoms with van der Waals surface area (Å²) in [4.78, 5) is 1.50. The van der Waals surface area contributed by atoms with Crippen LogP contribution in [-0.4, -0.2) is 10.2 Å². The van der Waals surface area contributed by atoms with Crippen LogP contribution in [-0.2, 0) is 6.42 Å². The summed E-state index contributed by atoms with van der Waals surface area (Å²) in [5.74, 6) is 0. The lowest BCUT2D eigenvalue weighted by Gasteiger charge is -1.80. The van der Waals surface area contributed by atoms with Gasteiger partial charge in [-0.2, -0.15) is 11.3 Å². The summed E-state index contributed by atoms with van der Waals surface area (Å²) >= 11 is 1.90. The van der Waals surface area contributed by atoms with Crippen LogP contribution in [0.5, 0.6) is 0 Å². The normalized spacial score (nSPS) is 9.75. The molecule has 0 unspecified atom stereocenters. The van der Waals surface area contributed by atoms with E-state index in [0.717, 1.165) is 0 Å². The first-order valence-electron chi connectivity index (χ1n) is 2.73. The first-order chi connectivity index (χ1) is 3.83. The molecule has 1 rings (SSSR count). The standard InChI is InChI=1S/C6H9SSi/c1-2-5-3-4-6(8)7-5/h3-4H,2,8H2,1H3. The van der Waals surface area contributed by atoms with Crippen LogP contribution in [0.4, 0.5) is 0 Å². The molecule has 8 heavy (non-hydrogen) atoms. The summed E-state index contributed by atoms with van der Waals surface area (Å²) < 4.78 is 1.45. The second kappa shape index (κ2) is 2.46. The molecule has 2 heteroatoms. The highest BCUT2D eigenvalue weighted by Crippen LogP contribution is 2.04. The van der Waals surface area contributed by atoms with E-state index in [-0.39, 0.29) is 0 Å². The Kier molecular flexibility index (Phi) is 1.86. The second-order valence-electron chi connectivity index (χ2n) is 1.72. The predicted octanol–water partition coefficient (Wildman–Crippen LogP) is 0.569. The molecular weight excluding hydrogens is 132 g/mol. The van der Waals surface area contributed by atoms with E-state index in [2.05, 4.69) is 19.1 Å². The van der Waals surface area contributed by atoms with Crippen LogP contribution >= 0.6 is 11.3 Å². The topological polar surface area (TPSA) is 0 Å². The number of rotatable bonds is 1. The van der Waals surface area contributed by atoms with Crippen molar-refractivity contribution in [2.24, 2.45) is 0 Å². The number of aryl methyl sites for hydroxylation is 1. The Morgan fingerprint density at radius 3 is 2.62 bits per heavy atom. The molecule has 0 aromatic carbocycles. The largest absolute Gasteiger partial charge is 0.151 e. The SMILES string of the molecule is CCc1ccc([SiH2])s1. The average Bonchev–Trinajstić information content (AvgIpc) is 2.14. The molecule has 1 aromatic heterocycles. The van der Waals surface area contributed by atoms with Crippen LogP contribution in [0.15, 0.2) is 12.1 Å². The van der Waals surface area contributed by atoms with Gasteiger partial charge in [-0.25, -0.2) is 0 Å². The molecule has 0 saturated heterocycles. The Balaban J connectivity index is 2.84. The molecule has 1 heterocycles. The average molecular weight is 141 g/mol. The molecule has 0 nitrogen and oxygen atoms in total. The Hall–Kier alpha value is -0.0831. The van der Waals surface area contributed by atoms with Crippen molar-refractivity contribution in [2.45, 2.75) is 13.3 Å². The molecule has 43 valence electrons. The maximum Gasteiger partial charge on any atom is 0.0613 e. The summed E-state index contributed by atoms with van der Waals surface area (Å²) in [6, 6.07) is 4.38. The van der Waals surface area contributed by atoms with Gasteiger partial charge in [-0.15, -0.1) is 0 Å². The summed E-state index contributed by atoms with van der Waals surface area (Å²) in [5.41, 5.74) is 0. The lowest BCUT2D eigenvalue weighted by atomic mass is 10.4. The van der Waals surface area contributed by atoms with Gasteiger partial charge in [-0.05, 0) is 17.0 Å². The highest BCUT2D eigenvalue weighted by atomic mass is 32.1. The lowest BCUT2D eigenvalue weighted by molar-refractivity contribution is 1.19. The first kappa shape index (κ1) is 6.04. The van der Waals surface area contributed by atoms with Crippen LogP contribution in [0.25, 0.3) is 0 Å². The molecule has 0 amide bonds. The van der Waals surface area contributed by atoms with E-state index in [9.17, 15) is 0 Å². The van der Waals surface area contributed by atoms with Crippen molar-refractivity contribution in [3.8, 4) is 0 Å². The van der Waals surface area contributed by atoms with Crippen molar-refractivity contribution in [1.82, 2.24) is 0 Å². The van der Waals surface area contributed by atoms with E-state index in [1.165, 1.54) is 15.8 Å². The number of hydrogen-bond donors (Lipinski definition) is 0. The van der Waals surface area contributed by atoms with Gasteiger partial charge in [0, 0.05) is 4.88 Å². The van der Waals surface area contributed by atoms with Crippen molar-refractivity contribution >= 4 is 26.1 Å².